The lowest BCUT2D eigenvalue weighted by Crippen LogP contribution is -2.18. The third-order valence-electron chi connectivity index (χ3n) is 5.21. The van der Waals surface area contributed by atoms with Crippen LogP contribution in [0.3, 0.4) is 0 Å². The maximum atomic E-state index is 13.1. The van der Waals surface area contributed by atoms with Crippen LogP contribution in [0.2, 0.25) is 0 Å². The van der Waals surface area contributed by atoms with Gasteiger partial charge in [0.25, 0.3) is 5.22 Å². The topological polar surface area (TPSA) is 96.7 Å². The van der Waals surface area contributed by atoms with Crippen molar-refractivity contribution in [3.05, 3.63) is 82.8 Å². The number of carbonyl (C=O) groups is 1. The van der Waals surface area contributed by atoms with E-state index in [4.69, 9.17) is 4.42 Å². The molecule has 0 radical (unpaired) electrons. The number of carbonyl (C=O) groups excluding carboxylic acids is 1. The van der Waals surface area contributed by atoms with Gasteiger partial charge in [-0.2, -0.15) is 5.26 Å². The van der Waals surface area contributed by atoms with E-state index in [9.17, 15) is 14.4 Å². The molecule has 2 aromatic heterocycles. The van der Waals surface area contributed by atoms with E-state index < -0.39 is 0 Å². The second-order valence-corrected chi connectivity index (χ2v) is 8.26. The lowest BCUT2D eigenvalue weighted by molar-refractivity contribution is -0.113. The van der Waals surface area contributed by atoms with E-state index in [0.29, 0.717) is 23.5 Å². The van der Waals surface area contributed by atoms with Crippen molar-refractivity contribution in [2.45, 2.75) is 25.6 Å². The van der Waals surface area contributed by atoms with Gasteiger partial charge in [-0.25, -0.2) is 4.39 Å². The predicted octanol–water partition coefficient (Wildman–Crippen LogP) is 4.94. The average molecular weight is 462 g/mol. The molecule has 0 fully saturated rings. The van der Waals surface area contributed by atoms with Gasteiger partial charge in [-0.1, -0.05) is 42.1 Å². The van der Waals surface area contributed by atoms with Crippen molar-refractivity contribution in [2.24, 2.45) is 0 Å². The number of hydrogen-bond donors (Lipinski definition) is 1. The van der Waals surface area contributed by atoms with Crippen LogP contribution in [0.25, 0.3) is 11.5 Å². The molecule has 9 heteroatoms. The second-order valence-electron chi connectivity index (χ2n) is 7.33. The van der Waals surface area contributed by atoms with Crippen molar-refractivity contribution >= 4 is 23.5 Å². The molecule has 1 amide bonds. The number of amides is 1. The molecule has 1 N–H and O–H groups in total. The molecule has 0 aliphatic carbocycles. The average Bonchev–Trinajstić information content (AvgIpc) is 3.38. The number of thioether (sulfide) groups is 1. The maximum absolute atomic E-state index is 13.1. The lowest BCUT2D eigenvalue weighted by atomic mass is 10.2. The highest BCUT2D eigenvalue weighted by Crippen LogP contribution is 2.28. The van der Waals surface area contributed by atoms with Crippen LogP contribution in [0.4, 0.5) is 10.2 Å². The quantitative estimate of drug-likeness (QED) is 0.392. The van der Waals surface area contributed by atoms with Crippen LogP contribution in [0.15, 0.2) is 64.2 Å². The molecule has 33 heavy (non-hydrogen) atoms. The first-order valence-electron chi connectivity index (χ1n) is 10.1. The van der Waals surface area contributed by atoms with Crippen molar-refractivity contribution in [3.8, 4) is 17.5 Å². The van der Waals surface area contributed by atoms with E-state index in [2.05, 4.69) is 21.6 Å². The Morgan fingerprint density at radius 3 is 2.58 bits per heavy atom. The zero-order valence-corrected chi connectivity index (χ0v) is 18.8. The Morgan fingerprint density at radius 1 is 1.15 bits per heavy atom. The Hall–Kier alpha value is -3.90. The van der Waals surface area contributed by atoms with Crippen LogP contribution in [-0.2, 0) is 11.3 Å². The number of nitrogens with one attached hydrogen (secondary N) is 1. The molecule has 0 saturated heterocycles. The molecule has 7 nitrogen and oxygen atoms in total. The Kier molecular flexibility index (Phi) is 6.56. The summed E-state index contributed by atoms with van der Waals surface area (Å²) in [5, 5.41) is 20.6. The summed E-state index contributed by atoms with van der Waals surface area (Å²) in [6.07, 6.45) is 0. The predicted molar refractivity (Wildman–Crippen MR) is 123 cm³/mol. The van der Waals surface area contributed by atoms with Crippen molar-refractivity contribution < 1.29 is 13.6 Å². The van der Waals surface area contributed by atoms with Crippen LogP contribution in [0.5, 0.6) is 0 Å². The number of nitrogens with zero attached hydrogens (tertiary/aromatic N) is 4. The molecular weight excluding hydrogens is 441 g/mol. The maximum Gasteiger partial charge on any atom is 0.277 e. The number of benzene rings is 2. The molecule has 4 rings (SSSR count). The molecule has 166 valence electrons. The van der Waals surface area contributed by atoms with E-state index in [-0.39, 0.29) is 28.6 Å². The van der Waals surface area contributed by atoms with Crippen molar-refractivity contribution in [2.75, 3.05) is 11.1 Å². The Balaban J connectivity index is 1.47. The summed E-state index contributed by atoms with van der Waals surface area (Å²) in [6.45, 7) is 4.33. The first-order chi connectivity index (χ1) is 16.0. The minimum Gasteiger partial charge on any atom is -0.411 e. The van der Waals surface area contributed by atoms with Gasteiger partial charge in [0.05, 0.1) is 11.3 Å². The highest BCUT2D eigenvalue weighted by molar-refractivity contribution is 7.99. The number of anilines is 1. The standard InChI is InChI=1S/C24H20FN5O2S/c1-15-16(2)30(13-17-6-4-3-5-7-17)22(20(15)12-26)27-21(31)14-33-24-29-28-23(32-24)18-8-10-19(25)11-9-18/h3-11H,13-14H2,1-2H3,(H,27,31). The summed E-state index contributed by atoms with van der Waals surface area (Å²) < 4.78 is 20.6. The summed E-state index contributed by atoms with van der Waals surface area (Å²) in [5.74, 6) is 0.0746. The second kappa shape index (κ2) is 9.71. The molecule has 0 unspecified atom stereocenters. The molecular formula is C24H20FN5O2S. The van der Waals surface area contributed by atoms with Crippen molar-refractivity contribution in [1.82, 2.24) is 14.8 Å². The van der Waals surface area contributed by atoms with Gasteiger partial charge in [-0.3, -0.25) is 4.79 Å². The summed E-state index contributed by atoms with van der Waals surface area (Å²) in [4.78, 5) is 12.7. The first-order valence-corrected chi connectivity index (χ1v) is 11.1. The molecule has 0 aliphatic heterocycles. The number of halogens is 1. The molecule has 4 aromatic rings. The fourth-order valence-electron chi connectivity index (χ4n) is 3.37. The van der Waals surface area contributed by atoms with Gasteiger partial charge in [0.2, 0.25) is 11.8 Å². The largest absolute Gasteiger partial charge is 0.411 e. The molecule has 0 saturated carbocycles. The molecule has 0 atom stereocenters. The summed E-state index contributed by atoms with van der Waals surface area (Å²) >= 11 is 1.08. The zero-order valence-electron chi connectivity index (χ0n) is 18.0. The van der Waals surface area contributed by atoms with Gasteiger partial charge >= 0.3 is 0 Å². The lowest BCUT2D eigenvalue weighted by Gasteiger charge is -2.13. The van der Waals surface area contributed by atoms with Crippen LogP contribution < -0.4 is 5.32 Å². The SMILES string of the molecule is Cc1c(C#N)c(NC(=O)CSc2nnc(-c3ccc(F)cc3)o2)n(Cc2ccccc2)c1C. The highest BCUT2D eigenvalue weighted by atomic mass is 32.2. The van der Waals surface area contributed by atoms with Gasteiger partial charge in [-0.05, 0) is 49.2 Å². The number of hydrogen-bond acceptors (Lipinski definition) is 6. The monoisotopic (exact) mass is 461 g/mol. The minimum absolute atomic E-state index is 0.0184. The molecule has 0 aliphatic rings. The van der Waals surface area contributed by atoms with Crippen molar-refractivity contribution in [1.29, 1.82) is 5.26 Å². The third kappa shape index (κ3) is 4.96. The van der Waals surface area contributed by atoms with Crippen LogP contribution in [-0.4, -0.2) is 26.4 Å². The van der Waals surface area contributed by atoms with E-state index in [1.807, 2.05) is 48.7 Å². The number of rotatable bonds is 7. The highest BCUT2D eigenvalue weighted by Gasteiger charge is 2.20. The first kappa shape index (κ1) is 22.3. The van der Waals surface area contributed by atoms with Gasteiger partial charge in [0.15, 0.2) is 0 Å². The molecule has 0 spiro atoms. The Labute approximate surface area is 194 Å². The number of aromatic nitrogens is 3. The normalized spacial score (nSPS) is 10.7. The van der Waals surface area contributed by atoms with E-state index >= 15 is 0 Å². The van der Waals surface area contributed by atoms with E-state index in [1.54, 1.807) is 12.1 Å². The van der Waals surface area contributed by atoms with Gasteiger partial charge in [0.1, 0.15) is 17.7 Å². The molecule has 2 heterocycles. The number of nitriles is 1. The van der Waals surface area contributed by atoms with Crippen molar-refractivity contribution in [3.63, 3.8) is 0 Å². The summed E-state index contributed by atoms with van der Waals surface area (Å²) in [6, 6.07) is 17.7. The Morgan fingerprint density at radius 2 is 1.88 bits per heavy atom. The molecule has 0 bridgehead atoms. The third-order valence-corrected chi connectivity index (χ3v) is 6.03. The Bertz CT molecular complexity index is 1320. The van der Waals surface area contributed by atoms with Gasteiger partial charge < -0.3 is 14.3 Å². The smallest absolute Gasteiger partial charge is 0.277 e. The van der Waals surface area contributed by atoms with E-state index in [0.717, 1.165) is 28.6 Å². The van der Waals surface area contributed by atoms with E-state index in [1.165, 1.54) is 12.1 Å². The summed E-state index contributed by atoms with van der Waals surface area (Å²) in [7, 11) is 0. The van der Waals surface area contributed by atoms with Crippen LogP contribution in [0.1, 0.15) is 22.4 Å². The minimum atomic E-state index is -0.358. The fraction of sp³-hybridized carbons (Fsp3) is 0.167. The fourth-order valence-corrected chi connectivity index (χ4v) is 3.93. The van der Waals surface area contributed by atoms with Crippen LogP contribution in [0, 0.1) is 31.0 Å². The van der Waals surface area contributed by atoms with Gasteiger partial charge in [0, 0.05) is 17.8 Å². The molecule has 2 aromatic carbocycles. The summed E-state index contributed by atoms with van der Waals surface area (Å²) in [5.41, 5.74) is 3.84. The zero-order chi connectivity index (χ0) is 23.4. The van der Waals surface area contributed by atoms with Gasteiger partial charge in [-0.15, -0.1) is 10.2 Å². The van der Waals surface area contributed by atoms with Crippen LogP contribution >= 0.6 is 11.8 Å².